The molecule has 0 spiro atoms. The van der Waals surface area contributed by atoms with Gasteiger partial charge in [0, 0.05) is 11.1 Å². The highest BCUT2D eigenvalue weighted by Crippen LogP contribution is 2.37. The van der Waals surface area contributed by atoms with E-state index >= 15 is 0 Å². The second-order valence-electron chi connectivity index (χ2n) is 2.60. The number of aryl methyl sites for hydroxylation is 1. The molecule has 0 radical (unpaired) electrons. The van der Waals surface area contributed by atoms with Gasteiger partial charge in [-0.2, -0.15) is 9.64 Å². The molecule has 76 valence electrons. The van der Waals surface area contributed by atoms with Crippen LogP contribution in [0.3, 0.4) is 0 Å². The zero-order chi connectivity index (χ0) is 10.8. The Hall–Kier alpha value is -0.610. The van der Waals surface area contributed by atoms with Gasteiger partial charge in [0.15, 0.2) is 9.49 Å². The van der Waals surface area contributed by atoms with Gasteiger partial charge in [-0.25, -0.2) is 4.98 Å². The van der Waals surface area contributed by atoms with E-state index in [1.165, 1.54) is 23.3 Å². The molecule has 2 rings (SSSR count). The topological polar surface area (TPSA) is 49.6 Å². The summed E-state index contributed by atoms with van der Waals surface area (Å²) in [6, 6.07) is 2.04. The molecule has 2 aromatic heterocycles. The normalized spacial score (nSPS) is 10.2. The molecule has 2 heterocycles. The molecule has 0 aliphatic rings. The summed E-state index contributed by atoms with van der Waals surface area (Å²) in [4.78, 5) is 4.30. The molecule has 0 saturated carbocycles. The lowest BCUT2D eigenvalue weighted by molar-refractivity contribution is 1.16. The average Bonchev–Trinajstić information content (AvgIpc) is 2.75. The fraction of sp³-hybridized carbons (Fsp3) is 0.125. The van der Waals surface area contributed by atoms with Gasteiger partial charge in [-0.1, -0.05) is 11.6 Å². The van der Waals surface area contributed by atoms with Gasteiger partial charge < -0.3 is 0 Å². The van der Waals surface area contributed by atoms with Gasteiger partial charge in [0.05, 0.1) is 0 Å². The number of aromatic nitrogens is 2. The van der Waals surface area contributed by atoms with Gasteiger partial charge in [0.2, 0.25) is 0 Å². The Kier molecular flexibility index (Phi) is 3.26. The van der Waals surface area contributed by atoms with Crippen LogP contribution in [0.2, 0.25) is 5.15 Å². The number of halogens is 1. The van der Waals surface area contributed by atoms with E-state index in [0.29, 0.717) is 5.56 Å². The van der Waals surface area contributed by atoms with Gasteiger partial charge in [-0.15, -0.1) is 11.3 Å². The third kappa shape index (κ3) is 2.32. The van der Waals surface area contributed by atoms with Gasteiger partial charge in [-0.05, 0) is 30.2 Å². The van der Waals surface area contributed by atoms with Gasteiger partial charge >= 0.3 is 0 Å². The van der Waals surface area contributed by atoms with Crippen molar-refractivity contribution in [3.05, 3.63) is 21.8 Å². The summed E-state index contributed by atoms with van der Waals surface area (Å²) in [6.45, 7) is 1.94. The number of thiazole rings is 1. The summed E-state index contributed by atoms with van der Waals surface area (Å²) in [5.41, 5.74) is 1.43. The van der Waals surface area contributed by atoms with E-state index in [9.17, 15) is 0 Å². The molecule has 2 aromatic rings. The van der Waals surface area contributed by atoms with Crippen LogP contribution in [0, 0.1) is 18.3 Å². The Morgan fingerprint density at radius 3 is 3.00 bits per heavy atom. The lowest BCUT2D eigenvalue weighted by Gasteiger charge is -1.91. The summed E-state index contributed by atoms with van der Waals surface area (Å²) in [6.07, 6.45) is 0. The van der Waals surface area contributed by atoms with Crippen molar-refractivity contribution in [2.45, 2.75) is 15.5 Å². The minimum absolute atomic E-state index is 0.276. The van der Waals surface area contributed by atoms with Crippen LogP contribution >= 0.6 is 46.2 Å². The highest BCUT2D eigenvalue weighted by molar-refractivity contribution is 8.02. The van der Waals surface area contributed by atoms with E-state index in [-0.39, 0.29) is 5.15 Å². The van der Waals surface area contributed by atoms with E-state index < -0.39 is 0 Å². The van der Waals surface area contributed by atoms with E-state index in [1.54, 1.807) is 11.3 Å². The Labute approximate surface area is 104 Å². The first-order valence-corrected chi connectivity index (χ1v) is 6.70. The maximum absolute atomic E-state index is 8.87. The Balaban J connectivity index is 2.29. The van der Waals surface area contributed by atoms with Crippen LogP contribution in [0.4, 0.5) is 0 Å². The Bertz CT molecular complexity index is 525. The molecule has 0 N–H and O–H groups in total. The zero-order valence-corrected chi connectivity index (χ0v) is 10.7. The Morgan fingerprint density at radius 1 is 1.60 bits per heavy atom. The first-order chi connectivity index (χ1) is 7.20. The fourth-order valence-electron chi connectivity index (χ4n) is 0.877. The van der Waals surface area contributed by atoms with Gasteiger partial charge in [0.1, 0.15) is 15.8 Å². The van der Waals surface area contributed by atoms with Gasteiger partial charge in [0.25, 0.3) is 0 Å². The van der Waals surface area contributed by atoms with Crippen LogP contribution in [0.1, 0.15) is 11.3 Å². The van der Waals surface area contributed by atoms with Crippen molar-refractivity contribution in [3.63, 3.8) is 0 Å². The van der Waals surface area contributed by atoms with Crippen molar-refractivity contribution in [2.24, 2.45) is 0 Å². The molecule has 0 aliphatic carbocycles. The van der Waals surface area contributed by atoms with Crippen LogP contribution < -0.4 is 0 Å². The standard InChI is InChI=1S/C8H4ClN3S3/c1-4-3-13-8(11-4)14-7-5(2-10)6(9)12-15-7/h3H,1H3. The number of nitrogens with zero attached hydrogens (tertiary/aromatic N) is 3. The highest BCUT2D eigenvalue weighted by atomic mass is 35.5. The maximum atomic E-state index is 8.87. The highest BCUT2D eigenvalue weighted by Gasteiger charge is 2.14. The van der Waals surface area contributed by atoms with Crippen LogP contribution in [-0.2, 0) is 0 Å². The zero-order valence-electron chi connectivity index (χ0n) is 7.52. The van der Waals surface area contributed by atoms with Crippen molar-refractivity contribution >= 4 is 46.2 Å². The lowest BCUT2D eigenvalue weighted by atomic mass is 10.4. The van der Waals surface area contributed by atoms with Crippen molar-refractivity contribution < 1.29 is 0 Å². The Morgan fingerprint density at radius 2 is 2.40 bits per heavy atom. The minimum atomic E-state index is 0.276. The molecule has 0 unspecified atom stereocenters. The van der Waals surface area contributed by atoms with Crippen molar-refractivity contribution in [2.75, 3.05) is 0 Å². The number of nitriles is 1. The molecule has 3 nitrogen and oxygen atoms in total. The van der Waals surface area contributed by atoms with Crippen molar-refractivity contribution in [3.8, 4) is 6.07 Å². The first kappa shape index (κ1) is 10.9. The third-order valence-corrected chi connectivity index (χ3v) is 4.95. The predicted molar refractivity (Wildman–Crippen MR) is 62.8 cm³/mol. The van der Waals surface area contributed by atoms with Gasteiger partial charge in [-0.3, -0.25) is 0 Å². The summed E-state index contributed by atoms with van der Waals surface area (Å²) in [5, 5.41) is 11.1. The maximum Gasteiger partial charge on any atom is 0.161 e. The van der Waals surface area contributed by atoms with Crippen molar-refractivity contribution in [1.82, 2.24) is 9.36 Å². The fourth-order valence-corrected chi connectivity index (χ4v) is 4.07. The molecule has 0 fully saturated rings. The first-order valence-electron chi connectivity index (χ1n) is 3.86. The number of rotatable bonds is 2. The summed E-state index contributed by atoms with van der Waals surface area (Å²) < 4.78 is 5.64. The molecule has 0 atom stereocenters. The molecular formula is C8H4ClN3S3. The second-order valence-corrected chi connectivity index (χ2v) is 6.11. The van der Waals surface area contributed by atoms with Crippen LogP contribution in [-0.4, -0.2) is 9.36 Å². The summed E-state index contributed by atoms with van der Waals surface area (Å²) >= 11 is 9.98. The molecule has 7 heteroatoms. The molecular weight excluding hydrogens is 270 g/mol. The average molecular weight is 274 g/mol. The molecule has 0 aromatic carbocycles. The molecule has 0 amide bonds. The van der Waals surface area contributed by atoms with Crippen LogP contribution in [0.5, 0.6) is 0 Å². The minimum Gasteiger partial charge on any atom is -0.235 e. The second kappa shape index (κ2) is 4.49. The molecule has 0 saturated heterocycles. The van der Waals surface area contributed by atoms with E-state index in [0.717, 1.165) is 14.2 Å². The van der Waals surface area contributed by atoms with Crippen LogP contribution in [0.15, 0.2) is 13.9 Å². The number of hydrogen-bond acceptors (Lipinski definition) is 6. The predicted octanol–water partition coefficient (Wildman–Crippen LogP) is 3.58. The molecule has 0 bridgehead atoms. The SMILES string of the molecule is Cc1csc(Sc2snc(Cl)c2C#N)n1. The van der Waals surface area contributed by atoms with Crippen molar-refractivity contribution in [1.29, 1.82) is 5.26 Å². The number of hydrogen-bond donors (Lipinski definition) is 0. The lowest BCUT2D eigenvalue weighted by Crippen LogP contribution is -1.74. The molecule has 0 aliphatic heterocycles. The summed E-state index contributed by atoms with van der Waals surface area (Å²) in [5.74, 6) is 0. The molecule has 15 heavy (non-hydrogen) atoms. The monoisotopic (exact) mass is 273 g/mol. The third-order valence-electron chi connectivity index (χ3n) is 1.51. The van der Waals surface area contributed by atoms with E-state index in [1.807, 2.05) is 18.4 Å². The smallest absolute Gasteiger partial charge is 0.161 e. The van der Waals surface area contributed by atoms with Crippen LogP contribution in [0.25, 0.3) is 0 Å². The van der Waals surface area contributed by atoms with E-state index in [4.69, 9.17) is 16.9 Å². The largest absolute Gasteiger partial charge is 0.235 e. The summed E-state index contributed by atoms with van der Waals surface area (Å²) in [7, 11) is 0. The van der Waals surface area contributed by atoms with E-state index in [2.05, 4.69) is 9.36 Å². The quantitative estimate of drug-likeness (QED) is 0.839.